The average Bonchev–Trinajstić information content (AvgIpc) is 2.68. The van der Waals surface area contributed by atoms with Crippen LogP contribution in [-0.2, 0) is 7.05 Å². The second-order valence-electron chi connectivity index (χ2n) is 3.60. The Balaban J connectivity index is 2.33. The van der Waals surface area contributed by atoms with Gasteiger partial charge in [0.05, 0.1) is 17.3 Å². The molecule has 84 valence electrons. The lowest BCUT2D eigenvalue weighted by molar-refractivity contribution is 0.627. The first-order chi connectivity index (χ1) is 7.58. The van der Waals surface area contributed by atoms with Crippen molar-refractivity contribution in [2.45, 2.75) is 6.04 Å². The van der Waals surface area contributed by atoms with Gasteiger partial charge >= 0.3 is 0 Å². The number of benzene rings is 1. The first kappa shape index (κ1) is 11.1. The molecule has 0 aliphatic heterocycles. The molecular formula is C11H11ClFN3. The van der Waals surface area contributed by atoms with E-state index in [0.29, 0.717) is 0 Å². The van der Waals surface area contributed by atoms with Crippen molar-refractivity contribution < 1.29 is 4.39 Å². The third-order valence-electron chi connectivity index (χ3n) is 2.39. The number of nitrogens with two attached hydrogens (primary N) is 1. The fourth-order valence-electron chi connectivity index (χ4n) is 1.50. The molecule has 5 heteroatoms. The minimum absolute atomic E-state index is 0.0804. The van der Waals surface area contributed by atoms with E-state index in [1.165, 1.54) is 12.1 Å². The van der Waals surface area contributed by atoms with Crippen molar-refractivity contribution in [2.75, 3.05) is 0 Å². The Hall–Kier alpha value is -1.39. The van der Waals surface area contributed by atoms with E-state index in [1.54, 1.807) is 16.9 Å². The van der Waals surface area contributed by atoms with Gasteiger partial charge in [0.1, 0.15) is 5.82 Å². The summed E-state index contributed by atoms with van der Waals surface area (Å²) in [6.45, 7) is 0. The van der Waals surface area contributed by atoms with Gasteiger partial charge in [-0.15, -0.1) is 0 Å². The lowest BCUT2D eigenvalue weighted by Gasteiger charge is -2.10. The summed E-state index contributed by atoms with van der Waals surface area (Å²) in [4.78, 5) is 0. The second kappa shape index (κ2) is 4.23. The molecule has 0 saturated heterocycles. The maximum Gasteiger partial charge on any atom is 0.141 e. The standard InChI is InChI=1S/C11H11ClFN3/c1-16-6-8(5-15-16)11(14)7-2-3-10(13)9(12)4-7/h2-6,11H,14H2,1H3. The number of nitrogens with zero attached hydrogens (tertiary/aromatic N) is 2. The zero-order chi connectivity index (χ0) is 11.7. The van der Waals surface area contributed by atoms with Crippen LogP contribution in [0.25, 0.3) is 0 Å². The van der Waals surface area contributed by atoms with Crippen molar-refractivity contribution in [1.29, 1.82) is 0 Å². The molecule has 1 unspecified atom stereocenters. The minimum atomic E-state index is -0.441. The number of aromatic nitrogens is 2. The molecule has 2 N–H and O–H groups in total. The molecule has 3 nitrogen and oxygen atoms in total. The molecule has 1 aromatic carbocycles. The van der Waals surface area contributed by atoms with Crippen LogP contribution >= 0.6 is 11.6 Å². The molecule has 16 heavy (non-hydrogen) atoms. The van der Waals surface area contributed by atoms with Crippen LogP contribution in [0.3, 0.4) is 0 Å². The molecule has 0 aliphatic carbocycles. The van der Waals surface area contributed by atoms with Crippen LogP contribution in [-0.4, -0.2) is 9.78 Å². The highest BCUT2D eigenvalue weighted by Gasteiger charge is 2.12. The Labute approximate surface area is 97.6 Å². The van der Waals surface area contributed by atoms with E-state index in [1.807, 2.05) is 13.2 Å². The molecule has 1 aromatic heterocycles. The SMILES string of the molecule is Cn1cc(C(N)c2ccc(F)c(Cl)c2)cn1. The maximum atomic E-state index is 13.0. The quantitative estimate of drug-likeness (QED) is 0.874. The summed E-state index contributed by atoms with van der Waals surface area (Å²) < 4.78 is 14.6. The van der Waals surface area contributed by atoms with Gasteiger partial charge in [-0.1, -0.05) is 17.7 Å². The predicted molar refractivity (Wildman–Crippen MR) is 60.6 cm³/mol. The number of hydrogen-bond acceptors (Lipinski definition) is 2. The van der Waals surface area contributed by atoms with E-state index in [0.717, 1.165) is 11.1 Å². The Morgan fingerprint density at radius 3 is 2.75 bits per heavy atom. The van der Waals surface area contributed by atoms with Crippen molar-refractivity contribution in [2.24, 2.45) is 12.8 Å². The van der Waals surface area contributed by atoms with Crippen LogP contribution in [0.2, 0.25) is 5.02 Å². The third-order valence-corrected chi connectivity index (χ3v) is 2.68. The highest BCUT2D eigenvalue weighted by Crippen LogP contribution is 2.23. The van der Waals surface area contributed by atoms with Crippen LogP contribution in [0.4, 0.5) is 4.39 Å². The normalized spacial score (nSPS) is 12.8. The summed E-state index contributed by atoms with van der Waals surface area (Å²) in [5, 5.41) is 4.11. The topological polar surface area (TPSA) is 43.8 Å². The number of hydrogen-bond donors (Lipinski definition) is 1. The van der Waals surface area contributed by atoms with Crippen molar-refractivity contribution in [1.82, 2.24) is 9.78 Å². The zero-order valence-corrected chi connectivity index (χ0v) is 9.45. The first-order valence-electron chi connectivity index (χ1n) is 4.77. The van der Waals surface area contributed by atoms with E-state index in [-0.39, 0.29) is 11.1 Å². The fraction of sp³-hybridized carbons (Fsp3) is 0.182. The minimum Gasteiger partial charge on any atom is -0.320 e. The summed E-state index contributed by atoms with van der Waals surface area (Å²) in [5.74, 6) is -0.441. The summed E-state index contributed by atoms with van der Waals surface area (Å²) in [7, 11) is 1.81. The van der Waals surface area contributed by atoms with Gasteiger partial charge in [-0.25, -0.2) is 4.39 Å². The van der Waals surface area contributed by atoms with Crippen molar-refractivity contribution in [3.8, 4) is 0 Å². The van der Waals surface area contributed by atoms with Gasteiger partial charge in [0.2, 0.25) is 0 Å². The van der Waals surface area contributed by atoms with E-state index in [9.17, 15) is 4.39 Å². The van der Waals surface area contributed by atoms with Gasteiger partial charge in [-0.05, 0) is 17.7 Å². The Morgan fingerprint density at radius 2 is 2.19 bits per heavy atom. The van der Waals surface area contributed by atoms with Crippen LogP contribution in [0.1, 0.15) is 17.2 Å². The molecule has 0 radical (unpaired) electrons. The highest BCUT2D eigenvalue weighted by molar-refractivity contribution is 6.30. The van der Waals surface area contributed by atoms with Crippen LogP contribution in [0.15, 0.2) is 30.6 Å². The van der Waals surface area contributed by atoms with Gasteiger partial charge in [-0.3, -0.25) is 4.68 Å². The Morgan fingerprint density at radius 1 is 1.44 bits per heavy atom. The Kier molecular flexibility index (Phi) is 2.94. The molecular weight excluding hydrogens is 229 g/mol. The molecule has 0 fully saturated rings. The molecule has 1 atom stereocenters. The third kappa shape index (κ3) is 2.08. The van der Waals surface area contributed by atoms with E-state index in [2.05, 4.69) is 5.10 Å². The Bertz CT molecular complexity index is 510. The molecule has 0 aliphatic rings. The molecule has 0 saturated carbocycles. The molecule has 0 spiro atoms. The summed E-state index contributed by atoms with van der Waals surface area (Å²) in [6, 6.07) is 4.13. The van der Waals surface area contributed by atoms with Crippen LogP contribution in [0, 0.1) is 5.82 Å². The van der Waals surface area contributed by atoms with Crippen LogP contribution < -0.4 is 5.73 Å². The average molecular weight is 240 g/mol. The number of halogens is 2. The van der Waals surface area contributed by atoms with E-state index >= 15 is 0 Å². The van der Waals surface area contributed by atoms with Gasteiger partial charge in [-0.2, -0.15) is 5.10 Å². The zero-order valence-electron chi connectivity index (χ0n) is 8.69. The monoisotopic (exact) mass is 239 g/mol. The van der Waals surface area contributed by atoms with Crippen molar-refractivity contribution in [3.63, 3.8) is 0 Å². The van der Waals surface area contributed by atoms with Gasteiger partial charge in [0, 0.05) is 18.8 Å². The lowest BCUT2D eigenvalue weighted by atomic mass is 10.0. The number of rotatable bonds is 2. The second-order valence-corrected chi connectivity index (χ2v) is 4.01. The lowest BCUT2D eigenvalue weighted by Crippen LogP contribution is -2.11. The smallest absolute Gasteiger partial charge is 0.141 e. The van der Waals surface area contributed by atoms with Crippen molar-refractivity contribution >= 4 is 11.6 Å². The molecule has 2 aromatic rings. The van der Waals surface area contributed by atoms with Gasteiger partial charge in [0.25, 0.3) is 0 Å². The van der Waals surface area contributed by atoms with Crippen molar-refractivity contribution in [3.05, 3.63) is 52.6 Å². The summed E-state index contributed by atoms with van der Waals surface area (Å²) >= 11 is 5.70. The summed E-state index contributed by atoms with van der Waals surface area (Å²) in [6.07, 6.45) is 3.50. The van der Waals surface area contributed by atoms with Crippen LogP contribution in [0.5, 0.6) is 0 Å². The van der Waals surface area contributed by atoms with E-state index in [4.69, 9.17) is 17.3 Å². The molecule has 1 heterocycles. The fourth-order valence-corrected chi connectivity index (χ4v) is 1.69. The predicted octanol–water partition coefficient (Wildman–Crippen LogP) is 2.26. The largest absolute Gasteiger partial charge is 0.320 e. The van der Waals surface area contributed by atoms with Gasteiger partial charge < -0.3 is 5.73 Å². The van der Waals surface area contributed by atoms with E-state index < -0.39 is 5.82 Å². The summed E-state index contributed by atoms with van der Waals surface area (Å²) in [5.41, 5.74) is 7.64. The molecule has 0 bridgehead atoms. The maximum absolute atomic E-state index is 13.0. The first-order valence-corrected chi connectivity index (χ1v) is 5.15. The number of aryl methyl sites for hydroxylation is 1. The molecule has 0 amide bonds. The highest BCUT2D eigenvalue weighted by atomic mass is 35.5. The molecule has 2 rings (SSSR count). The van der Waals surface area contributed by atoms with Gasteiger partial charge in [0.15, 0.2) is 0 Å².